The number of aliphatic hydroxyl groups excluding tert-OH is 1. The van der Waals surface area contributed by atoms with Crippen LogP contribution in [0.2, 0.25) is 0 Å². The number of benzene rings is 2. The molecule has 0 fully saturated rings. The number of para-hydroxylation sites is 1. The Morgan fingerprint density at radius 3 is 2.63 bits per heavy atom. The standard InChI is InChI=1S/C24H27N3O3/c1-16(24(30)17-7-3-2-4-8-17)25-22(28)11-12-23(29)27-14-13-19-18-9-5-6-10-20(18)26-21(19)15-27/h2-10,16,24,26,30H,11-15H2,1H3,(H,25,28)/t16-,24-/m0/s1. The molecule has 1 aliphatic rings. The molecule has 30 heavy (non-hydrogen) atoms. The van der Waals surface area contributed by atoms with Gasteiger partial charge in [0.15, 0.2) is 0 Å². The van der Waals surface area contributed by atoms with Crippen molar-refractivity contribution in [3.8, 4) is 0 Å². The zero-order valence-corrected chi connectivity index (χ0v) is 17.1. The van der Waals surface area contributed by atoms with E-state index < -0.39 is 12.1 Å². The molecule has 0 spiro atoms. The second kappa shape index (κ2) is 8.71. The van der Waals surface area contributed by atoms with Crippen molar-refractivity contribution in [2.45, 2.75) is 44.9 Å². The summed E-state index contributed by atoms with van der Waals surface area (Å²) < 4.78 is 0. The molecule has 0 bridgehead atoms. The number of nitrogens with zero attached hydrogens (tertiary/aromatic N) is 1. The molecule has 2 atom stereocenters. The zero-order valence-electron chi connectivity index (χ0n) is 17.1. The minimum atomic E-state index is -0.784. The zero-order chi connectivity index (χ0) is 21.1. The maximum atomic E-state index is 12.7. The number of amides is 2. The predicted molar refractivity (Wildman–Crippen MR) is 116 cm³/mol. The number of aromatic amines is 1. The number of rotatable bonds is 6. The summed E-state index contributed by atoms with van der Waals surface area (Å²) in [7, 11) is 0. The number of aliphatic hydroxyl groups is 1. The lowest BCUT2D eigenvalue weighted by atomic mass is 10.0. The van der Waals surface area contributed by atoms with E-state index in [-0.39, 0.29) is 24.7 Å². The van der Waals surface area contributed by atoms with Gasteiger partial charge in [-0.05, 0) is 30.5 Å². The largest absolute Gasteiger partial charge is 0.386 e. The fourth-order valence-corrected chi connectivity index (χ4v) is 4.13. The third kappa shape index (κ3) is 4.24. The van der Waals surface area contributed by atoms with Crippen molar-refractivity contribution >= 4 is 22.7 Å². The molecular weight excluding hydrogens is 378 g/mol. The molecule has 0 radical (unpaired) electrons. The highest BCUT2D eigenvalue weighted by Gasteiger charge is 2.24. The molecule has 156 valence electrons. The number of carbonyl (C=O) groups is 2. The van der Waals surface area contributed by atoms with Crippen LogP contribution in [-0.4, -0.2) is 39.4 Å². The lowest BCUT2D eigenvalue weighted by molar-refractivity contribution is -0.134. The van der Waals surface area contributed by atoms with Gasteiger partial charge in [-0.1, -0.05) is 48.5 Å². The number of H-pyrrole nitrogens is 1. The molecule has 2 heterocycles. The number of nitrogens with one attached hydrogen (secondary N) is 2. The molecule has 0 aliphatic carbocycles. The van der Waals surface area contributed by atoms with Gasteiger partial charge in [-0.25, -0.2) is 0 Å². The van der Waals surface area contributed by atoms with E-state index in [9.17, 15) is 14.7 Å². The van der Waals surface area contributed by atoms with E-state index in [2.05, 4.69) is 22.4 Å². The van der Waals surface area contributed by atoms with E-state index in [0.717, 1.165) is 23.2 Å². The monoisotopic (exact) mass is 405 g/mol. The Hall–Kier alpha value is -3.12. The van der Waals surface area contributed by atoms with E-state index in [1.54, 1.807) is 6.92 Å². The highest BCUT2D eigenvalue weighted by molar-refractivity contribution is 5.86. The van der Waals surface area contributed by atoms with Crippen LogP contribution in [0.4, 0.5) is 0 Å². The molecule has 3 N–H and O–H groups in total. The van der Waals surface area contributed by atoms with Crippen molar-refractivity contribution in [1.82, 2.24) is 15.2 Å². The molecule has 6 heteroatoms. The van der Waals surface area contributed by atoms with E-state index in [0.29, 0.717) is 13.1 Å². The van der Waals surface area contributed by atoms with Gasteiger partial charge >= 0.3 is 0 Å². The van der Waals surface area contributed by atoms with Gasteiger partial charge in [0.05, 0.1) is 18.7 Å². The molecule has 6 nitrogen and oxygen atoms in total. The first-order valence-corrected chi connectivity index (χ1v) is 10.4. The molecule has 1 aromatic heterocycles. The van der Waals surface area contributed by atoms with Gasteiger partial charge in [0.25, 0.3) is 0 Å². The van der Waals surface area contributed by atoms with E-state index in [1.807, 2.05) is 47.4 Å². The van der Waals surface area contributed by atoms with Crippen LogP contribution in [0.3, 0.4) is 0 Å². The first-order chi connectivity index (χ1) is 14.5. The smallest absolute Gasteiger partial charge is 0.223 e. The van der Waals surface area contributed by atoms with Crippen LogP contribution in [0.25, 0.3) is 10.9 Å². The number of carbonyl (C=O) groups excluding carboxylic acids is 2. The molecule has 0 saturated carbocycles. The summed E-state index contributed by atoms with van der Waals surface area (Å²) >= 11 is 0. The SMILES string of the molecule is C[C@H](NC(=O)CCC(=O)N1CCc2c([nH]c3ccccc23)C1)[C@H](O)c1ccccc1. The van der Waals surface area contributed by atoms with Crippen molar-refractivity contribution in [3.05, 3.63) is 71.4 Å². The van der Waals surface area contributed by atoms with Gasteiger partial charge in [-0.3, -0.25) is 9.59 Å². The van der Waals surface area contributed by atoms with Gasteiger partial charge in [0.1, 0.15) is 0 Å². The quantitative estimate of drug-likeness (QED) is 0.589. The molecule has 4 rings (SSSR count). The van der Waals surface area contributed by atoms with E-state index in [4.69, 9.17) is 0 Å². The summed E-state index contributed by atoms with van der Waals surface area (Å²) in [6, 6.07) is 17.0. The molecular formula is C24H27N3O3. The Morgan fingerprint density at radius 2 is 1.83 bits per heavy atom. The topological polar surface area (TPSA) is 85.4 Å². The molecule has 2 aromatic carbocycles. The average molecular weight is 405 g/mol. The highest BCUT2D eigenvalue weighted by atomic mass is 16.3. The van der Waals surface area contributed by atoms with Gasteiger partial charge in [0, 0.05) is 36.0 Å². The molecule has 1 aliphatic heterocycles. The van der Waals surface area contributed by atoms with Crippen LogP contribution in [-0.2, 0) is 22.6 Å². The fraction of sp³-hybridized carbons (Fsp3) is 0.333. The summed E-state index contributed by atoms with van der Waals surface area (Å²) in [5, 5.41) is 14.4. The minimum Gasteiger partial charge on any atom is -0.386 e. The lowest BCUT2D eigenvalue weighted by Crippen LogP contribution is -2.39. The Morgan fingerprint density at radius 1 is 1.10 bits per heavy atom. The van der Waals surface area contributed by atoms with E-state index in [1.165, 1.54) is 10.9 Å². The average Bonchev–Trinajstić information content (AvgIpc) is 3.15. The van der Waals surface area contributed by atoms with Gasteiger partial charge in [-0.2, -0.15) is 0 Å². The Balaban J connectivity index is 1.29. The van der Waals surface area contributed by atoms with Crippen molar-refractivity contribution in [3.63, 3.8) is 0 Å². The summed E-state index contributed by atoms with van der Waals surface area (Å²) in [6.45, 7) is 2.98. The van der Waals surface area contributed by atoms with Gasteiger partial charge in [-0.15, -0.1) is 0 Å². The molecule has 3 aromatic rings. The van der Waals surface area contributed by atoms with Crippen LogP contribution in [0, 0.1) is 0 Å². The minimum absolute atomic E-state index is 0.0225. The van der Waals surface area contributed by atoms with E-state index >= 15 is 0 Å². The maximum Gasteiger partial charge on any atom is 0.223 e. The second-order valence-corrected chi connectivity index (χ2v) is 7.90. The fourth-order valence-electron chi connectivity index (χ4n) is 4.13. The molecule has 0 saturated heterocycles. The van der Waals surface area contributed by atoms with Crippen LogP contribution < -0.4 is 5.32 Å². The van der Waals surface area contributed by atoms with Crippen molar-refractivity contribution in [2.24, 2.45) is 0 Å². The number of hydrogen-bond donors (Lipinski definition) is 3. The first kappa shape index (κ1) is 20.2. The summed E-state index contributed by atoms with van der Waals surface area (Å²) in [4.78, 5) is 30.2. The highest BCUT2D eigenvalue weighted by Crippen LogP contribution is 2.27. The van der Waals surface area contributed by atoms with Gasteiger partial charge in [0.2, 0.25) is 11.8 Å². The normalized spacial score (nSPS) is 15.5. The third-order valence-corrected chi connectivity index (χ3v) is 5.80. The second-order valence-electron chi connectivity index (χ2n) is 7.90. The van der Waals surface area contributed by atoms with Crippen molar-refractivity contribution in [1.29, 1.82) is 0 Å². The number of fused-ring (bicyclic) bond motifs is 3. The Kier molecular flexibility index (Phi) is 5.86. The lowest BCUT2D eigenvalue weighted by Gasteiger charge is -2.27. The predicted octanol–water partition coefficient (Wildman–Crippen LogP) is 3.07. The molecule has 2 amide bonds. The first-order valence-electron chi connectivity index (χ1n) is 10.4. The van der Waals surface area contributed by atoms with Crippen molar-refractivity contribution < 1.29 is 14.7 Å². The summed E-state index contributed by atoms with van der Waals surface area (Å²) in [5.41, 5.74) is 4.22. The summed E-state index contributed by atoms with van der Waals surface area (Å²) in [5.74, 6) is -0.250. The number of aromatic nitrogens is 1. The molecule has 0 unspecified atom stereocenters. The van der Waals surface area contributed by atoms with Crippen LogP contribution in [0.15, 0.2) is 54.6 Å². The Labute approximate surface area is 175 Å². The summed E-state index contributed by atoms with van der Waals surface area (Å²) in [6.07, 6.45) is 0.307. The van der Waals surface area contributed by atoms with Crippen molar-refractivity contribution in [2.75, 3.05) is 6.54 Å². The van der Waals surface area contributed by atoms with Crippen LogP contribution >= 0.6 is 0 Å². The van der Waals surface area contributed by atoms with Crippen LogP contribution in [0.1, 0.15) is 42.7 Å². The maximum absolute atomic E-state index is 12.7. The van der Waals surface area contributed by atoms with Crippen LogP contribution in [0.5, 0.6) is 0 Å². The Bertz CT molecular complexity index is 1040. The third-order valence-electron chi connectivity index (χ3n) is 5.80. The van der Waals surface area contributed by atoms with Gasteiger partial charge < -0.3 is 20.3 Å². The number of hydrogen-bond acceptors (Lipinski definition) is 3.